The topological polar surface area (TPSA) is 12.0 Å². The van der Waals surface area contributed by atoms with Crippen molar-refractivity contribution in [2.45, 2.75) is 72.8 Å². The molecule has 0 aliphatic heterocycles. The highest BCUT2D eigenvalue weighted by molar-refractivity contribution is 4.70. The van der Waals surface area contributed by atoms with E-state index in [0.717, 1.165) is 11.8 Å². The molecule has 0 heterocycles. The molecule has 0 aliphatic carbocycles. The van der Waals surface area contributed by atoms with E-state index in [-0.39, 0.29) is 0 Å². The van der Waals surface area contributed by atoms with Gasteiger partial charge >= 0.3 is 0 Å². The molecule has 1 heteroatoms. The molecule has 0 radical (unpaired) electrons. The third-order valence-corrected chi connectivity index (χ3v) is 3.77. The SMILES string of the molecule is CCCCC(CC)CNC(C)C(C)CC. The Morgan fingerprint density at radius 3 is 2.13 bits per heavy atom. The lowest BCUT2D eigenvalue weighted by atomic mass is 9.97. The Balaban J connectivity index is 3.69. The summed E-state index contributed by atoms with van der Waals surface area (Å²) < 4.78 is 0. The zero-order valence-electron chi connectivity index (χ0n) is 11.5. The minimum atomic E-state index is 0.672. The minimum absolute atomic E-state index is 0.672. The van der Waals surface area contributed by atoms with Gasteiger partial charge in [0.25, 0.3) is 0 Å². The largest absolute Gasteiger partial charge is 0.314 e. The van der Waals surface area contributed by atoms with E-state index in [1.54, 1.807) is 0 Å². The third kappa shape index (κ3) is 6.94. The number of nitrogens with one attached hydrogen (secondary N) is 1. The second-order valence-corrected chi connectivity index (χ2v) is 5.00. The molecule has 0 aromatic carbocycles. The molecular formula is C14H31N. The summed E-state index contributed by atoms with van der Waals surface area (Å²) in [6.45, 7) is 12.7. The second-order valence-electron chi connectivity index (χ2n) is 5.00. The second kappa shape index (κ2) is 9.21. The van der Waals surface area contributed by atoms with E-state index < -0.39 is 0 Å². The summed E-state index contributed by atoms with van der Waals surface area (Å²) in [5.74, 6) is 1.69. The molecule has 1 nitrogen and oxygen atoms in total. The summed E-state index contributed by atoms with van der Waals surface area (Å²) >= 11 is 0. The standard InChI is InChI=1S/C14H31N/c1-6-9-10-14(8-3)11-15-13(5)12(4)7-2/h12-15H,6-11H2,1-5H3. The fraction of sp³-hybridized carbons (Fsp3) is 1.00. The Bertz CT molecular complexity index is 133. The van der Waals surface area contributed by atoms with Crippen molar-refractivity contribution in [1.29, 1.82) is 0 Å². The molecule has 0 spiro atoms. The predicted octanol–water partition coefficient (Wildman–Crippen LogP) is 4.23. The van der Waals surface area contributed by atoms with Crippen molar-refractivity contribution < 1.29 is 0 Å². The fourth-order valence-electron chi connectivity index (χ4n) is 1.85. The first-order valence-electron chi connectivity index (χ1n) is 6.88. The van der Waals surface area contributed by atoms with Crippen LogP contribution in [0.2, 0.25) is 0 Å². The van der Waals surface area contributed by atoms with Crippen LogP contribution in [0.5, 0.6) is 0 Å². The van der Waals surface area contributed by atoms with Gasteiger partial charge in [0.1, 0.15) is 0 Å². The zero-order chi connectivity index (χ0) is 11.7. The van der Waals surface area contributed by atoms with Crippen LogP contribution in [0.25, 0.3) is 0 Å². The van der Waals surface area contributed by atoms with Gasteiger partial charge in [0.05, 0.1) is 0 Å². The minimum Gasteiger partial charge on any atom is -0.314 e. The van der Waals surface area contributed by atoms with Gasteiger partial charge in [-0.25, -0.2) is 0 Å². The Kier molecular flexibility index (Phi) is 9.18. The number of hydrogen-bond acceptors (Lipinski definition) is 1. The van der Waals surface area contributed by atoms with Crippen LogP contribution in [-0.4, -0.2) is 12.6 Å². The molecule has 1 N–H and O–H groups in total. The van der Waals surface area contributed by atoms with Gasteiger partial charge in [0.15, 0.2) is 0 Å². The Morgan fingerprint density at radius 1 is 1.00 bits per heavy atom. The molecule has 0 saturated carbocycles. The molecule has 0 aromatic heterocycles. The van der Waals surface area contributed by atoms with Crippen molar-refractivity contribution >= 4 is 0 Å². The summed E-state index contributed by atoms with van der Waals surface area (Å²) in [7, 11) is 0. The molecule has 3 unspecified atom stereocenters. The van der Waals surface area contributed by atoms with E-state index in [0.29, 0.717) is 6.04 Å². The van der Waals surface area contributed by atoms with Crippen LogP contribution in [0.15, 0.2) is 0 Å². The van der Waals surface area contributed by atoms with Gasteiger partial charge in [-0.05, 0) is 31.7 Å². The molecule has 15 heavy (non-hydrogen) atoms. The highest BCUT2D eigenvalue weighted by Gasteiger charge is 2.11. The van der Waals surface area contributed by atoms with E-state index >= 15 is 0 Å². The summed E-state index contributed by atoms with van der Waals surface area (Å²) in [6, 6.07) is 0.672. The van der Waals surface area contributed by atoms with Crippen molar-refractivity contribution in [2.75, 3.05) is 6.54 Å². The van der Waals surface area contributed by atoms with Crippen molar-refractivity contribution in [1.82, 2.24) is 5.32 Å². The van der Waals surface area contributed by atoms with Crippen LogP contribution in [0, 0.1) is 11.8 Å². The number of unbranched alkanes of at least 4 members (excludes halogenated alkanes) is 1. The summed E-state index contributed by atoms with van der Waals surface area (Å²) in [6.07, 6.45) is 6.71. The van der Waals surface area contributed by atoms with Gasteiger partial charge < -0.3 is 5.32 Å². The Hall–Kier alpha value is -0.0400. The maximum Gasteiger partial charge on any atom is 0.00643 e. The lowest BCUT2D eigenvalue weighted by molar-refractivity contribution is 0.340. The van der Waals surface area contributed by atoms with E-state index in [1.807, 2.05) is 0 Å². The summed E-state index contributed by atoms with van der Waals surface area (Å²) in [4.78, 5) is 0. The lowest BCUT2D eigenvalue weighted by Crippen LogP contribution is -2.35. The highest BCUT2D eigenvalue weighted by Crippen LogP contribution is 2.13. The van der Waals surface area contributed by atoms with E-state index in [2.05, 4.69) is 39.9 Å². The van der Waals surface area contributed by atoms with Crippen LogP contribution >= 0.6 is 0 Å². The van der Waals surface area contributed by atoms with Gasteiger partial charge in [-0.1, -0.05) is 53.4 Å². The van der Waals surface area contributed by atoms with Gasteiger partial charge in [-0.15, -0.1) is 0 Å². The summed E-state index contributed by atoms with van der Waals surface area (Å²) in [5, 5.41) is 3.69. The fourth-order valence-corrected chi connectivity index (χ4v) is 1.85. The zero-order valence-corrected chi connectivity index (χ0v) is 11.5. The number of hydrogen-bond donors (Lipinski definition) is 1. The molecule has 0 aliphatic rings. The predicted molar refractivity (Wildman–Crippen MR) is 70.2 cm³/mol. The molecule has 0 bridgehead atoms. The van der Waals surface area contributed by atoms with Crippen LogP contribution < -0.4 is 5.32 Å². The molecule has 0 rings (SSSR count). The monoisotopic (exact) mass is 213 g/mol. The molecule has 92 valence electrons. The smallest absolute Gasteiger partial charge is 0.00643 e. The van der Waals surface area contributed by atoms with Crippen molar-refractivity contribution in [3.05, 3.63) is 0 Å². The molecular weight excluding hydrogens is 182 g/mol. The van der Waals surface area contributed by atoms with Gasteiger partial charge in [0.2, 0.25) is 0 Å². The number of rotatable bonds is 9. The maximum atomic E-state index is 3.69. The molecule has 0 saturated heterocycles. The van der Waals surface area contributed by atoms with Crippen LogP contribution in [0.4, 0.5) is 0 Å². The van der Waals surface area contributed by atoms with Crippen LogP contribution in [0.1, 0.15) is 66.7 Å². The molecule has 3 atom stereocenters. The van der Waals surface area contributed by atoms with Crippen molar-refractivity contribution in [3.63, 3.8) is 0 Å². The maximum absolute atomic E-state index is 3.69. The van der Waals surface area contributed by atoms with E-state index in [1.165, 1.54) is 38.6 Å². The first kappa shape index (κ1) is 15.0. The van der Waals surface area contributed by atoms with Gasteiger partial charge in [-0.2, -0.15) is 0 Å². The average Bonchev–Trinajstić information content (AvgIpc) is 2.27. The van der Waals surface area contributed by atoms with E-state index in [4.69, 9.17) is 0 Å². The first-order valence-corrected chi connectivity index (χ1v) is 6.88. The van der Waals surface area contributed by atoms with Crippen molar-refractivity contribution in [3.8, 4) is 0 Å². The molecule has 0 aromatic rings. The third-order valence-electron chi connectivity index (χ3n) is 3.77. The van der Waals surface area contributed by atoms with Crippen molar-refractivity contribution in [2.24, 2.45) is 11.8 Å². The lowest BCUT2D eigenvalue weighted by Gasteiger charge is -2.23. The normalized spacial score (nSPS) is 17.4. The Labute approximate surface area is 97.0 Å². The molecule has 0 amide bonds. The highest BCUT2D eigenvalue weighted by atomic mass is 14.9. The first-order chi connectivity index (χ1) is 7.15. The quantitative estimate of drug-likeness (QED) is 0.604. The molecule has 0 fully saturated rings. The van der Waals surface area contributed by atoms with Gasteiger partial charge in [-0.3, -0.25) is 0 Å². The van der Waals surface area contributed by atoms with Crippen LogP contribution in [0.3, 0.4) is 0 Å². The Morgan fingerprint density at radius 2 is 1.67 bits per heavy atom. The van der Waals surface area contributed by atoms with E-state index in [9.17, 15) is 0 Å². The van der Waals surface area contributed by atoms with Gasteiger partial charge in [0, 0.05) is 6.04 Å². The van der Waals surface area contributed by atoms with Crippen LogP contribution in [-0.2, 0) is 0 Å². The average molecular weight is 213 g/mol. The summed E-state index contributed by atoms with van der Waals surface area (Å²) in [5.41, 5.74) is 0.